The standard InChI is InChI=1S/C21H22FN3O4/c1-4-28-21(27)20-12(2)16(23-13(20)3)8-9-18(26)24-19-11-17(25-29-19)14-6-5-7-15(22)10-14/h5-7,10-11,23H,4,8-9H2,1-3H3,(H,24,26). The van der Waals surface area contributed by atoms with Crippen LogP contribution in [-0.4, -0.2) is 28.6 Å². The number of H-pyrrole nitrogens is 1. The van der Waals surface area contributed by atoms with Crippen molar-refractivity contribution in [2.24, 2.45) is 0 Å². The normalized spacial score (nSPS) is 10.8. The van der Waals surface area contributed by atoms with Gasteiger partial charge in [0.2, 0.25) is 11.8 Å². The van der Waals surface area contributed by atoms with Crippen molar-refractivity contribution < 1.29 is 23.2 Å². The molecule has 0 bridgehead atoms. The largest absolute Gasteiger partial charge is 0.462 e. The zero-order valence-electron chi connectivity index (χ0n) is 16.5. The molecule has 2 N–H and O–H groups in total. The highest BCUT2D eigenvalue weighted by atomic mass is 19.1. The average Bonchev–Trinajstić information content (AvgIpc) is 3.24. The van der Waals surface area contributed by atoms with Gasteiger partial charge in [0.1, 0.15) is 11.5 Å². The van der Waals surface area contributed by atoms with Crippen molar-refractivity contribution in [2.45, 2.75) is 33.6 Å². The van der Waals surface area contributed by atoms with Crippen LogP contribution in [0.25, 0.3) is 11.3 Å². The number of aromatic amines is 1. The first-order chi connectivity index (χ1) is 13.9. The summed E-state index contributed by atoms with van der Waals surface area (Å²) < 4.78 is 23.5. The molecule has 0 radical (unpaired) electrons. The summed E-state index contributed by atoms with van der Waals surface area (Å²) in [7, 11) is 0. The second-order valence-electron chi connectivity index (χ2n) is 6.58. The van der Waals surface area contributed by atoms with Crippen molar-refractivity contribution in [2.75, 3.05) is 11.9 Å². The van der Waals surface area contributed by atoms with E-state index in [1.54, 1.807) is 26.0 Å². The van der Waals surface area contributed by atoms with Gasteiger partial charge < -0.3 is 14.2 Å². The summed E-state index contributed by atoms with van der Waals surface area (Å²) in [5.41, 5.74) is 3.79. The minimum Gasteiger partial charge on any atom is -0.462 e. The number of ether oxygens (including phenoxy) is 1. The van der Waals surface area contributed by atoms with E-state index in [0.717, 1.165) is 11.3 Å². The molecule has 0 aliphatic rings. The molecular weight excluding hydrogens is 377 g/mol. The number of nitrogens with zero attached hydrogens (tertiary/aromatic N) is 1. The number of aryl methyl sites for hydroxylation is 2. The zero-order valence-corrected chi connectivity index (χ0v) is 16.5. The number of aromatic nitrogens is 2. The Morgan fingerprint density at radius 2 is 2.07 bits per heavy atom. The number of rotatable bonds is 7. The average molecular weight is 399 g/mol. The Labute approximate surface area is 167 Å². The molecule has 0 atom stereocenters. The summed E-state index contributed by atoms with van der Waals surface area (Å²) in [5, 5.41) is 6.48. The van der Waals surface area contributed by atoms with Crippen LogP contribution in [0.3, 0.4) is 0 Å². The molecule has 2 aromatic heterocycles. The number of carbonyl (C=O) groups excluding carboxylic acids is 2. The van der Waals surface area contributed by atoms with Crippen LogP contribution < -0.4 is 5.32 Å². The molecule has 0 aliphatic heterocycles. The van der Waals surface area contributed by atoms with Crippen LogP contribution in [0.5, 0.6) is 0 Å². The van der Waals surface area contributed by atoms with Crippen LogP contribution in [0.1, 0.15) is 40.7 Å². The molecule has 1 aromatic carbocycles. The fourth-order valence-electron chi connectivity index (χ4n) is 3.13. The fraction of sp³-hybridized carbons (Fsp3) is 0.286. The maximum atomic E-state index is 13.3. The lowest BCUT2D eigenvalue weighted by molar-refractivity contribution is -0.116. The highest BCUT2D eigenvalue weighted by Crippen LogP contribution is 2.23. The van der Waals surface area contributed by atoms with Gasteiger partial charge in [-0.1, -0.05) is 17.3 Å². The lowest BCUT2D eigenvalue weighted by atomic mass is 10.1. The van der Waals surface area contributed by atoms with Crippen LogP contribution in [0.4, 0.5) is 10.3 Å². The number of carbonyl (C=O) groups is 2. The van der Waals surface area contributed by atoms with Gasteiger partial charge >= 0.3 is 5.97 Å². The third-order valence-electron chi connectivity index (χ3n) is 4.52. The third kappa shape index (κ3) is 4.71. The van der Waals surface area contributed by atoms with Gasteiger partial charge in [0, 0.05) is 29.4 Å². The quantitative estimate of drug-likeness (QED) is 0.581. The number of nitrogens with one attached hydrogen (secondary N) is 2. The first kappa shape index (κ1) is 20.3. The molecule has 0 spiro atoms. The first-order valence-electron chi connectivity index (χ1n) is 9.26. The Hall–Kier alpha value is -3.42. The zero-order chi connectivity index (χ0) is 21.0. The highest BCUT2D eigenvalue weighted by Gasteiger charge is 2.19. The molecule has 3 rings (SSSR count). The molecular formula is C21H22FN3O4. The minimum absolute atomic E-state index is 0.180. The Morgan fingerprint density at radius 1 is 1.28 bits per heavy atom. The van der Waals surface area contributed by atoms with Crippen molar-refractivity contribution >= 4 is 17.8 Å². The highest BCUT2D eigenvalue weighted by molar-refractivity contribution is 5.93. The van der Waals surface area contributed by atoms with Gasteiger partial charge in [-0.25, -0.2) is 9.18 Å². The molecule has 152 valence electrons. The molecule has 0 aliphatic carbocycles. The van der Waals surface area contributed by atoms with E-state index < -0.39 is 0 Å². The van der Waals surface area contributed by atoms with Crippen LogP contribution >= 0.6 is 0 Å². The van der Waals surface area contributed by atoms with Crippen molar-refractivity contribution in [3.8, 4) is 11.3 Å². The molecule has 0 saturated carbocycles. The number of hydrogen-bond acceptors (Lipinski definition) is 5. The molecule has 0 fully saturated rings. The maximum absolute atomic E-state index is 13.3. The Balaban J connectivity index is 1.61. The fourth-order valence-corrected chi connectivity index (χ4v) is 3.13. The van der Waals surface area contributed by atoms with Crippen LogP contribution in [0, 0.1) is 19.7 Å². The van der Waals surface area contributed by atoms with Crippen molar-refractivity contribution in [1.82, 2.24) is 10.1 Å². The Morgan fingerprint density at radius 3 is 2.79 bits per heavy atom. The van der Waals surface area contributed by atoms with E-state index in [2.05, 4.69) is 15.5 Å². The van der Waals surface area contributed by atoms with Crippen molar-refractivity contribution in [1.29, 1.82) is 0 Å². The van der Waals surface area contributed by atoms with E-state index in [1.807, 2.05) is 6.92 Å². The summed E-state index contributed by atoms with van der Waals surface area (Å²) in [5.74, 6) is -0.840. The SMILES string of the molecule is CCOC(=O)c1c(C)[nH]c(CCC(=O)Nc2cc(-c3cccc(F)c3)no2)c1C. The van der Waals surface area contributed by atoms with Crippen molar-refractivity contribution in [3.05, 3.63) is 58.7 Å². The number of hydrogen-bond donors (Lipinski definition) is 2. The van der Waals surface area contributed by atoms with Crippen LogP contribution in [-0.2, 0) is 16.0 Å². The van der Waals surface area contributed by atoms with E-state index in [0.29, 0.717) is 35.5 Å². The minimum atomic E-state index is -0.380. The van der Waals surface area contributed by atoms with Gasteiger partial charge in [0.15, 0.2) is 0 Å². The molecule has 7 nitrogen and oxygen atoms in total. The van der Waals surface area contributed by atoms with E-state index in [1.165, 1.54) is 18.2 Å². The molecule has 3 aromatic rings. The number of amides is 1. The van der Waals surface area contributed by atoms with E-state index in [-0.39, 0.29) is 30.0 Å². The molecule has 8 heteroatoms. The predicted octanol–water partition coefficient (Wildman–Crippen LogP) is 4.17. The van der Waals surface area contributed by atoms with Gasteiger partial charge in [0.05, 0.1) is 12.2 Å². The lowest BCUT2D eigenvalue weighted by Gasteiger charge is -2.03. The topological polar surface area (TPSA) is 97.2 Å². The monoisotopic (exact) mass is 399 g/mol. The Kier molecular flexibility index (Phi) is 6.11. The number of anilines is 1. The second kappa shape index (κ2) is 8.72. The van der Waals surface area contributed by atoms with Gasteiger partial charge in [-0.15, -0.1) is 0 Å². The first-order valence-corrected chi connectivity index (χ1v) is 9.26. The van der Waals surface area contributed by atoms with E-state index in [4.69, 9.17) is 9.26 Å². The maximum Gasteiger partial charge on any atom is 0.340 e. The van der Waals surface area contributed by atoms with Gasteiger partial charge in [-0.3, -0.25) is 10.1 Å². The Bertz CT molecular complexity index is 1040. The summed E-state index contributed by atoms with van der Waals surface area (Å²) >= 11 is 0. The summed E-state index contributed by atoms with van der Waals surface area (Å²) in [6.07, 6.45) is 0.599. The van der Waals surface area contributed by atoms with Crippen LogP contribution in [0.2, 0.25) is 0 Å². The number of halogens is 1. The van der Waals surface area contributed by atoms with Gasteiger partial charge in [0.25, 0.3) is 0 Å². The van der Waals surface area contributed by atoms with Gasteiger partial charge in [-0.2, -0.15) is 0 Å². The second-order valence-corrected chi connectivity index (χ2v) is 6.58. The van der Waals surface area contributed by atoms with Gasteiger partial charge in [-0.05, 0) is 44.9 Å². The molecule has 0 unspecified atom stereocenters. The third-order valence-corrected chi connectivity index (χ3v) is 4.52. The lowest BCUT2D eigenvalue weighted by Crippen LogP contribution is -2.12. The summed E-state index contributed by atoms with van der Waals surface area (Å²) in [4.78, 5) is 27.5. The van der Waals surface area contributed by atoms with Crippen molar-refractivity contribution in [3.63, 3.8) is 0 Å². The predicted molar refractivity (Wildman–Crippen MR) is 105 cm³/mol. The molecule has 0 saturated heterocycles. The smallest absolute Gasteiger partial charge is 0.340 e. The van der Waals surface area contributed by atoms with E-state index in [9.17, 15) is 14.0 Å². The number of benzene rings is 1. The number of esters is 1. The van der Waals surface area contributed by atoms with E-state index >= 15 is 0 Å². The molecule has 2 heterocycles. The molecule has 1 amide bonds. The molecule has 29 heavy (non-hydrogen) atoms. The van der Waals surface area contributed by atoms with Crippen LogP contribution in [0.15, 0.2) is 34.9 Å². The summed E-state index contributed by atoms with van der Waals surface area (Å²) in [6.45, 7) is 5.68. The summed E-state index contributed by atoms with van der Waals surface area (Å²) in [6, 6.07) is 7.48.